The molecule has 0 saturated carbocycles. The minimum absolute atomic E-state index is 0.0624. The van der Waals surface area contributed by atoms with Crippen molar-refractivity contribution in [2.45, 2.75) is 27.7 Å². The largest absolute Gasteiger partial charge is 0.318 e. The fraction of sp³-hybridized carbons (Fsp3) is 0.238. The van der Waals surface area contributed by atoms with E-state index in [1.165, 1.54) is 6.92 Å². The molecule has 2 aliphatic rings. The number of benzene rings is 1. The molecule has 1 aromatic carbocycles. The Morgan fingerprint density at radius 1 is 1.16 bits per heavy atom. The number of hydrazone groups is 1. The Morgan fingerprint density at radius 3 is 2.48 bits per heavy atom. The number of carbonyl (C=O) groups is 1. The van der Waals surface area contributed by atoms with Crippen LogP contribution in [-0.2, 0) is 14.6 Å². The molecule has 1 N–H and O–H groups in total. The Kier molecular flexibility index (Phi) is 5.22. The average Bonchev–Trinajstić information content (AvgIpc) is 3.27. The second-order valence-electron chi connectivity index (χ2n) is 7.29. The first-order chi connectivity index (χ1) is 14.6. The number of thioether (sulfide) groups is 1. The zero-order valence-corrected chi connectivity index (χ0v) is 19.1. The van der Waals surface area contributed by atoms with Gasteiger partial charge in [0.15, 0.2) is 5.84 Å². The Bertz CT molecular complexity index is 1320. The third-order valence-corrected chi connectivity index (χ3v) is 8.23. The number of aliphatic imine (C=N–C) groups is 1. The molecule has 0 unspecified atom stereocenters. The summed E-state index contributed by atoms with van der Waals surface area (Å²) in [5.74, 6) is -0.896. The summed E-state index contributed by atoms with van der Waals surface area (Å²) in [5.41, 5.74) is 4.91. The second kappa shape index (κ2) is 7.61. The maximum Gasteiger partial charge on any atom is 0.283 e. The number of hydrogen-bond acceptors (Lipinski definition) is 6. The number of hydrogen-bond donors (Lipinski definition) is 1. The van der Waals surface area contributed by atoms with Gasteiger partial charge in [-0.1, -0.05) is 24.6 Å². The van der Waals surface area contributed by atoms with E-state index in [0.717, 1.165) is 45.0 Å². The summed E-state index contributed by atoms with van der Waals surface area (Å²) < 4.78 is 26.2. The van der Waals surface area contributed by atoms with Gasteiger partial charge in [-0.15, -0.1) is 5.10 Å². The van der Waals surface area contributed by atoms with Crippen molar-refractivity contribution >= 4 is 49.0 Å². The van der Waals surface area contributed by atoms with Crippen LogP contribution in [0, 0.1) is 26.2 Å². The normalized spacial score (nSPS) is 17.8. The van der Waals surface area contributed by atoms with Crippen molar-refractivity contribution in [1.29, 1.82) is 5.41 Å². The predicted molar refractivity (Wildman–Crippen MR) is 124 cm³/mol. The molecule has 0 fully saturated rings. The monoisotopic (exact) mass is 455 g/mol. The van der Waals surface area contributed by atoms with Gasteiger partial charge in [0.25, 0.3) is 5.91 Å². The van der Waals surface area contributed by atoms with Gasteiger partial charge in [-0.25, -0.2) is 8.42 Å². The molecule has 1 amide bonds. The quantitative estimate of drug-likeness (QED) is 0.714. The highest BCUT2D eigenvalue weighted by Gasteiger charge is 2.39. The topological polar surface area (TPSA) is 108 Å². The lowest BCUT2D eigenvalue weighted by Crippen LogP contribution is -2.35. The Balaban J connectivity index is 1.74. The summed E-state index contributed by atoms with van der Waals surface area (Å²) in [6, 6.07) is 10.1. The van der Waals surface area contributed by atoms with E-state index in [-0.39, 0.29) is 26.7 Å². The van der Waals surface area contributed by atoms with Crippen LogP contribution >= 0.6 is 11.8 Å². The van der Waals surface area contributed by atoms with Crippen LogP contribution in [0.5, 0.6) is 0 Å². The third-order valence-electron chi connectivity index (χ3n) is 5.14. The van der Waals surface area contributed by atoms with E-state index in [9.17, 15) is 13.2 Å². The third kappa shape index (κ3) is 3.66. The number of fused-ring (bicyclic) bond motifs is 1. The molecule has 0 atom stereocenters. The minimum Gasteiger partial charge on any atom is -0.318 e. The smallest absolute Gasteiger partial charge is 0.283 e. The van der Waals surface area contributed by atoms with Gasteiger partial charge in [0.1, 0.15) is 0 Å². The molecule has 1 aromatic heterocycles. The Labute approximate surface area is 184 Å². The predicted octanol–water partition coefficient (Wildman–Crippen LogP) is 3.41. The highest BCUT2D eigenvalue weighted by Crippen LogP contribution is 2.31. The van der Waals surface area contributed by atoms with Crippen molar-refractivity contribution in [3.05, 3.63) is 58.4 Å². The molecule has 3 heterocycles. The van der Waals surface area contributed by atoms with Gasteiger partial charge in [-0.2, -0.15) is 10.0 Å². The number of aromatic nitrogens is 1. The Hall–Kier alpha value is -2.98. The summed E-state index contributed by atoms with van der Waals surface area (Å²) in [6.07, 6.45) is 1.62. The molecule has 0 spiro atoms. The molecule has 2 aliphatic heterocycles. The van der Waals surface area contributed by atoms with E-state index in [1.807, 2.05) is 51.1 Å². The molecule has 0 bridgehead atoms. The van der Waals surface area contributed by atoms with Gasteiger partial charge in [0.05, 0.1) is 11.3 Å². The fourth-order valence-electron chi connectivity index (χ4n) is 3.40. The van der Waals surface area contributed by atoms with Crippen LogP contribution in [0.3, 0.4) is 0 Å². The van der Waals surface area contributed by atoms with E-state index in [1.54, 1.807) is 6.08 Å². The number of rotatable bonds is 3. The number of aryl methyl sites for hydroxylation is 2. The molecule has 0 aliphatic carbocycles. The molecule has 31 heavy (non-hydrogen) atoms. The van der Waals surface area contributed by atoms with Crippen LogP contribution in [-0.4, -0.2) is 45.0 Å². The number of amidine groups is 2. The van der Waals surface area contributed by atoms with Crippen LogP contribution in [0.1, 0.15) is 29.4 Å². The van der Waals surface area contributed by atoms with Gasteiger partial charge in [-0.05, 0) is 62.4 Å². The van der Waals surface area contributed by atoms with E-state index in [4.69, 9.17) is 5.41 Å². The molecule has 2 aromatic rings. The molecule has 8 nitrogen and oxygen atoms in total. The standard InChI is InChI=1S/C21H21N5O3S2/c1-5-31(28,29)21-24-26-18(22)17(19(27)23-20(26)30-21)11-15-10-13(3)25(14(15)4)16-8-6-12(2)7-9-16/h6-11,22H,5H2,1-4H3/b17-11-,22-18?. The second-order valence-corrected chi connectivity index (χ2v) is 10.7. The number of amides is 1. The van der Waals surface area contributed by atoms with E-state index in [0.29, 0.717) is 0 Å². The van der Waals surface area contributed by atoms with Crippen LogP contribution in [0.2, 0.25) is 0 Å². The van der Waals surface area contributed by atoms with Crippen LogP contribution in [0.15, 0.2) is 46.0 Å². The molecule has 10 heteroatoms. The number of sulfone groups is 1. The maximum absolute atomic E-state index is 12.6. The van der Waals surface area contributed by atoms with Gasteiger partial charge in [0.2, 0.25) is 19.4 Å². The molecule has 160 valence electrons. The molecule has 4 rings (SSSR count). The Morgan fingerprint density at radius 2 is 1.84 bits per heavy atom. The maximum atomic E-state index is 12.6. The first-order valence-corrected chi connectivity index (χ1v) is 12.1. The summed E-state index contributed by atoms with van der Waals surface area (Å²) in [5, 5.41) is 13.7. The molecule has 0 radical (unpaired) electrons. The van der Waals surface area contributed by atoms with Crippen molar-refractivity contribution < 1.29 is 13.2 Å². The minimum atomic E-state index is -3.56. The average molecular weight is 456 g/mol. The molecule has 0 saturated heterocycles. The lowest BCUT2D eigenvalue weighted by molar-refractivity contribution is -0.114. The van der Waals surface area contributed by atoms with Gasteiger partial charge < -0.3 is 4.57 Å². The van der Waals surface area contributed by atoms with E-state index >= 15 is 0 Å². The van der Waals surface area contributed by atoms with Crippen LogP contribution in [0.25, 0.3) is 11.8 Å². The fourth-order valence-corrected chi connectivity index (χ4v) is 5.57. The van der Waals surface area contributed by atoms with Crippen molar-refractivity contribution in [2.24, 2.45) is 10.1 Å². The highest BCUT2D eigenvalue weighted by molar-refractivity contribution is 8.42. The molecular formula is C21H21N5O3S2. The van der Waals surface area contributed by atoms with E-state index < -0.39 is 15.7 Å². The van der Waals surface area contributed by atoms with Crippen molar-refractivity contribution in [2.75, 3.05) is 5.75 Å². The highest BCUT2D eigenvalue weighted by atomic mass is 32.3. The summed E-state index contributed by atoms with van der Waals surface area (Å²) in [7, 11) is -3.56. The molecular weight excluding hydrogens is 434 g/mol. The number of carbonyl (C=O) groups excluding carboxylic acids is 1. The van der Waals surface area contributed by atoms with Crippen molar-refractivity contribution in [1.82, 2.24) is 9.58 Å². The van der Waals surface area contributed by atoms with Crippen LogP contribution in [0.4, 0.5) is 0 Å². The lowest BCUT2D eigenvalue weighted by Gasteiger charge is -2.20. The van der Waals surface area contributed by atoms with Gasteiger partial charge in [-0.3, -0.25) is 10.2 Å². The van der Waals surface area contributed by atoms with Crippen molar-refractivity contribution in [3.8, 4) is 5.69 Å². The number of nitrogens with one attached hydrogen (secondary N) is 1. The van der Waals surface area contributed by atoms with Gasteiger partial charge >= 0.3 is 0 Å². The number of nitrogens with zero attached hydrogens (tertiary/aromatic N) is 4. The van der Waals surface area contributed by atoms with E-state index in [2.05, 4.69) is 14.7 Å². The first kappa shape index (κ1) is 21.3. The zero-order chi connectivity index (χ0) is 22.5. The lowest BCUT2D eigenvalue weighted by atomic mass is 10.1. The van der Waals surface area contributed by atoms with Gasteiger partial charge in [0, 0.05) is 17.1 Å². The summed E-state index contributed by atoms with van der Waals surface area (Å²) in [6.45, 7) is 7.46. The SMILES string of the molecule is CCS(=O)(=O)C1=NN2C(=N)/C(=C/c3cc(C)n(-c4ccc(C)cc4)c3C)C(=O)N=C2S1. The summed E-state index contributed by atoms with van der Waals surface area (Å²) >= 11 is 0.795. The van der Waals surface area contributed by atoms with Crippen molar-refractivity contribution in [3.63, 3.8) is 0 Å². The summed E-state index contributed by atoms with van der Waals surface area (Å²) in [4.78, 5) is 16.6. The first-order valence-electron chi connectivity index (χ1n) is 9.61. The van der Waals surface area contributed by atoms with Crippen LogP contribution < -0.4 is 0 Å². The zero-order valence-electron chi connectivity index (χ0n) is 17.5.